The van der Waals surface area contributed by atoms with Crippen LogP contribution in [-0.4, -0.2) is 15.2 Å². The molecule has 1 aromatic heterocycles. The van der Waals surface area contributed by atoms with E-state index in [9.17, 15) is 0 Å². The molecule has 4 nitrogen and oxygen atoms in total. The maximum atomic E-state index is 5.46. The first-order valence-corrected chi connectivity index (χ1v) is 5.88. The van der Waals surface area contributed by atoms with Gasteiger partial charge in [-0.05, 0) is 17.0 Å². The van der Waals surface area contributed by atoms with Crippen LogP contribution in [0.1, 0.15) is 42.5 Å². The molecule has 0 bridgehead atoms. The van der Waals surface area contributed by atoms with Crippen LogP contribution in [-0.2, 0) is 13.0 Å². The molecule has 0 spiro atoms. The van der Waals surface area contributed by atoms with Crippen LogP contribution in [0.2, 0.25) is 0 Å². The Kier molecular flexibility index (Phi) is 3.54. The second-order valence-electron chi connectivity index (χ2n) is 4.48. The third-order valence-corrected chi connectivity index (χ3v) is 2.78. The fraction of sp³-hybridized carbons (Fsp3) is 0.385. The Labute approximate surface area is 101 Å². The summed E-state index contributed by atoms with van der Waals surface area (Å²) in [5.74, 6) is 2.10. The maximum absolute atomic E-state index is 5.46. The van der Waals surface area contributed by atoms with E-state index in [1.165, 1.54) is 11.1 Å². The third kappa shape index (κ3) is 2.91. The van der Waals surface area contributed by atoms with Crippen molar-refractivity contribution in [3.63, 3.8) is 0 Å². The summed E-state index contributed by atoms with van der Waals surface area (Å²) in [7, 11) is 0. The summed E-state index contributed by atoms with van der Waals surface area (Å²) >= 11 is 0. The van der Waals surface area contributed by atoms with Gasteiger partial charge in [0.25, 0.3) is 0 Å². The predicted molar refractivity (Wildman–Crippen MR) is 67.6 cm³/mol. The summed E-state index contributed by atoms with van der Waals surface area (Å²) in [6.07, 6.45) is 0.769. The normalized spacial score (nSPS) is 11.1. The quantitative estimate of drug-likeness (QED) is 0.844. The van der Waals surface area contributed by atoms with Crippen LogP contribution in [0.15, 0.2) is 24.3 Å². The Balaban J connectivity index is 2.08. The van der Waals surface area contributed by atoms with Crippen molar-refractivity contribution in [2.75, 3.05) is 0 Å². The zero-order valence-electron chi connectivity index (χ0n) is 10.3. The van der Waals surface area contributed by atoms with Crippen LogP contribution in [0, 0.1) is 0 Å². The summed E-state index contributed by atoms with van der Waals surface area (Å²) in [6.45, 7) is 4.76. The van der Waals surface area contributed by atoms with Crippen molar-refractivity contribution in [1.29, 1.82) is 0 Å². The highest BCUT2D eigenvalue weighted by atomic mass is 15.2. The zero-order chi connectivity index (χ0) is 12.3. The molecule has 0 unspecified atom stereocenters. The Morgan fingerprint density at radius 2 is 1.94 bits per heavy atom. The second kappa shape index (κ2) is 5.10. The topological polar surface area (TPSA) is 67.6 Å². The molecule has 2 rings (SSSR count). The molecule has 2 aromatic rings. The lowest BCUT2D eigenvalue weighted by Crippen LogP contribution is -1.98. The van der Waals surface area contributed by atoms with Gasteiger partial charge in [0.2, 0.25) is 0 Å². The molecule has 0 aliphatic heterocycles. The highest BCUT2D eigenvalue weighted by Gasteiger charge is 2.03. The molecule has 0 aliphatic rings. The van der Waals surface area contributed by atoms with Crippen molar-refractivity contribution in [2.45, 2.75) is 32.7 Å². The fourth-order valence-electron chi connectivity index (χ4n) is 1.72. The molecule has 0 aliphatic carbocycles. The van der Waals surface area contributed by atoms with Crippen molar-refractivity contribution in [3.05, 3.63) is 47.0 Å². The summed E-state index contributed by atoms with van der Waals surface area (Å²) in [5.41, 5.74) is 8.05. The van der Waals surface area contributed by atoms with Gasteiger partial charge in [-0.25, -0.2) is 4.98 Å². The van der Waals surface area contributed by atoms with Crippen LogP contribution in [0.4, 0.5) is 0 Å². The highest BCUT2D eigenvalue weighted by Crippen LogP contribution is 2.15. The van der Waals surface area contributed by atoms with E-state index in [0.29, 0.717) is 18.3 Å². The Morgan fingerprint density at radius 3 is 2.47 bits per heavy atom. The molecule has 4 heteroatoms. The molecule has 90 valence electrons. The lowest BCUT2D eigenvalue weighted by Gasteiger charge is -2.05. The Hall–Kier alpha value is -1.68. The van der Waals surface area contributed by atoms with Crippen molar-refractivity contribution in [1.82, 2.24) is 15.2 Å². The van der Waals surface area contributed by atoms with Crippen molar-refractivity contribution in [3.8, 4) is 0 Å². The molecule has 0 amide bonds. The SMILES string of the molecule is CC(C)c1ccc(Cc2nc(CN)n[nH]2)cc1. The first-order chi connectivity index (χ1) is 8.19. The average molecular weight is 230 g/mol. The van der Waals surface area contributed by atoms with Crippen LogP contribution >= 0.6 is 0 Å². The molecular formula is C13H18N4. The third-order valence-electron chi connectivity index (χ3n) is 2.78. The number of nitrogens with two attached hydrogens (primary N) is 1. The number of rotatable bonds is 4. The fourth-order valence-corrected chi connectivity index (χ4v) is 1.72. The highest BCUT2D eigenvalue weighted by molar-refractivity contribution is 5.26. The maximum Gasteiger partial charge on any atom is 0.164 e. The van der Waals surface area contributed by atoms with E-state index in [1.807, 2.05) is 0 Å². The van der Waals surface area contributed by atoms with Gasteiger partial charge in [-0.2, -0.15) is 5.10 Å². The monoisotopic (exact) mass is 230 g/mol. The van der Waals surface area contributed by atoms with Gasteiger partial charge in [-0.1, -0.05) is 38.1 Å². The molecular weight excluding hydrogens is 212 g/mol. The van der Waals surface area contributed by atoms with E-state index in [2.05, 4.69) is 53.3 Å². The molecule has 3 N–H and O–H groups in total. The number of nitrogens with zero attached hydrogens (tertiary/aromatic N) is 2. The zero-order valence-corrected chi connectivity index (χ0v) is 10.3. The minimum absolute atomic E-state index is 0.378. The van der Waals surface area contributed by atoms with E-state index >= 15 is 0 Å². The first-order valence-electron chi connectivity index (χ1n) is 5.88. The second-order valence-corrected chi connectivity index (χ2v) is 4.48. The number of H-pyrrole nitrogens is 1. The molecule has 17 heavy (non-hydrogen) atoms. The molecule has 0 radical (unpaired) electrons. The molecule has 0 atom stereocenters. The van der Waals surface area contributed by atoms with Gasteiger partial charge in [0, 0.05) is 6.42 Å². The van der Waals surface area contributed by atoms with E-state index in [-0.39, 0.29) is 0 Å². The summed E-state index contributed by atoms with van der Waals surface area (Å²) in [4.78, 5) is 4.29. The number of hydrogen-bond acceptors (Lipinski definition) is 3. The molecule has 1 heterocycles. The van der Waals surface area contributed by atoms with E-state index < -0.39 is 0 Å². The number of aromatic amines is 1. The summed E-state index contributed by atoms with van der Waals surface area (Å²) in [5, 5.41) is 6.92. The summed E-state index contributed by atoms with van der Waals surface area (Å²) < 4.78 is 0. The number of nitrogens with one attached hydrogen (secondary N) is 1. The van der Waals surface area contributed by atoms with Gasteiger partial charge >= 0.3 is 0 Å². The van der Waals surface area contributed by atoms with Gasteiger partial charge in [0.15, 0.2) is 5.82 Å². The standard InChI is InChI=1S/C13H18N4/c1-9(2)11-5-3-10(4-6-11)7-12-15-13(8-14)17-16-12/h3-6,9H,7-8,14H2,1-2H3,(H,15,16,17). The molecule has 0 saturated carbocycles. The van der Waals surface area contributed by atoms with Crippen LogP contribution in [0.3, 0.4) is 0 Å². The van der Waals surface area contributed by atoms with Gasteiger partial charge in [-0.15, -0.1) is 0 Å². The van der Waals surface area contributed by atoms with Gasteiger partial charge in [0.05, 0.1) is 6.54 Å². The van der Waals surface area contributed by atoms with Crippen molar-refractivity contribution >= 4 is 0 Å². The smallest absolute Gasteiger partial charge is 0.164 e. The van der Waals surface area contributed by atoms with E-state index in [1.54, 1.807) is 0 Å². The summed E-state index contributed by atoms with van der Waals surface area (Å²) in [6, 6.07) is 8.61. The minimum Gasteiger partial charge on any atom is -0.324 e. The minimum atomic E-state index is 0.378. The van der Waals surface area contributed by atoms with Crippen molar-refractivity contribution in [2.24, 2.45) is 5.73 Å². The average Bonchev–Trinajstić information content (AvgIpc) is 2.77. The molecule has 0 saturated heterocycles. The number of aromatic nitrogens is 3. The van der Waals surface area contributed by atoms with Gasteiger partial charge in [0.1, 0.15) is 5.82 Å². The number of hydrogen-bond donors (Lipinski definition) is 2. The molecule has 1 aromatic carbocycles. The largest absolute Gasteiger partial charge is 0.324 e. The first kappa shape index (κ1) is 11.8. The van der Waals surface area contributed by atoms with E-state index in [4.69, 9.17) is 5.73 Å². The van der Waals surface area contributed by atoms with Crippen LogP contribution in [0.5, 0.6) is 0 Å². The Bertz CT molecular complexity index is 470. The van der Waals surface area contributed by atoms with Gasteiger partial charge < -0.3 is 5.73 Å². The van der Waals surface area contributed by atoms with Crippen LogP contribution in [0.25, 0.3) is 0 Å². The van der Waals surface area contributed by atoms with Gasteiger partial charge in [-0.3, -0.25) is 5.10 Å². The van der Waals surface area contributed by atoms with Crippen LogP contribution < -0.4 is 5.73 Å². The Morgan fingerprint density at radius 1 is 1.24 bits per heavy atom. The van der Waals surface area contributed by atoms with Crippen molar-refractivity contribution < 1.29 is 0 Å². The predicted octanol–water partition coefficient (Wildman–Crippen LogP) is 1.98. The number of benzene rings is 1. The lowest BCUT2D eigenvalue weighted by atomic mass is 10.0. The lowest BCUT2D eigenvalue weighted by molar-refractivity contribution is 0.864. The van der Waals surface area contributed by atoms with E-state index in [0.717, 1.165) is 12.2 Å². The molecule has 0 fully saturated rings.